The van der Waals surface area contributed by atoms with Crippen molar-refractivity contribution in [1.29, 1.82) is 0 Å². The Balaban J connectivity index is 1.53. The van der Waals surface area contributed by atoms with E-state index in [4.69, 9.17) is 0 Å². The molecule has 0 aliphatic rings. The summed E-state index contributed by atoms with van der Waals surface area (Å²) < 4.78 is 39.8. The molecule has 0 fully saturated rings. The maximum Gasteiger partial charge on any atom is 0.416 e. The minimum absolute atomic E-state index is 0.0480. The molecule has 0 bridgehead atoms. The summed E-state index contributed by atoms with van der Waals surface area (Å²) in [6.45, 7) is 2.40. The van der Waals surface area contributed by atoms with Gasteiger partial charge in [0.1, 0.15) is 12.1 Å². The molecule has 0 saturated carbocycles. The van der Waals surface area contributed by atoms with Crippen LogP contribution in [0.25, 0.3) is 5.82 Å². The quantitative estimate of drug-likeness (QED) is 0.633. The molecule has 10 heteroatoms. The molecule has 2 heterocycles. The highest BCUT2D eigenvalue weighted by Gasteiger charge is 2.30. The number of hydrogen-bond donors (Lipinski definition) is 2. The van der Waals surface area contributed by atoms with Gasteiger partial charge in [-0.25, -0.2) is 14.6 Å². The molecular formula is C18H17F3N6O. The highest BCUT2D eigenvalue weighted by Crippen LogP contribution is 2.29. The normalized spacial score (nSPS) is 11.3. The van der Waals surface area contributed by atoms with Gasteiger partial charge in [-0.3, -0.25) is 4.79 Å². The van der Waals surface area contributed by atoms with Crippen LogP contribution in [-0.2, 0) is 6.18 Å². The second-order valence-corrected chi connectivity index (χ2v) is 5.92. The highest BCUT2D eigenvalue weighted by atomic mass is 19.4. The molecule has 0 unspecified atom stereocenters. The Morgan fingerprint density at radius 3 is 2.68 bits per heavy atom. The topological polar surface area (TPSA) is 84.7 Å². The van der Waals surface area contributed by atoms with Crippen LogP contribution in [0.15, 0.2) is 48.9 Å². The highest BCUT2D eigenvalue weighted by molar-refractivity contribution is 5.94. The summed E-state index contributed by atoms with van der Waals surface area (Å²) in [5, 5.41) is 9.85. The third kappa shape index (κ3) is 4.84. The molecule has 7 nitrogen and oxygen atoms in total. The number of aryl methyl sites for hydroxylation is 1. The number of hydrogen-bond acceptors (Lipinski definition) is 5. The van der Waals surface area contributed by atoms with Crippen molar-refractivity contribution in [3.8, 4) is 5.82 Å². The van der Waals surface area contributed by atoms with Gasteiger partial charge in [0.25, 0.3) is 5.91 Å². The van der Waals surface area contributed by atoms with Crippen LogP contribution in [0.3, 0.4) is 0 Å². The largest absolute Gasteiger partial charge is 0.416 e. The zero-order valence-electron chi connectivity index (χ0n) is 14.9. The Morgan fingerprint density at radius 1 is 1.14 bits per heavy atom. The van der Waals surface area contributed by atoms with Gasteiger partial charge in [0.05, 0.1) is 11.3 Å². The molecule has 0 atom stereocenters. The first-order chi connectivity index (χ1) is 13.3. The van der Waals surface area contributed by atoms with E-state index in [2.05, 4.69) is 25.7 Å². The van der Waals surface area contributed by atoms with Gasteiger partial charge in [0, 0.05) is 30.9 Å². The van der Waals surface area contributed by atoms with Crippen LogP contribution in [0.5, 0.6) is 0 Å². The number of nitrogens with zero attached hydrogens (tertiary/aromatic N) is 4. The standard InChI is InChI=1S/C18H17F3N6O/c1-12-5-8-27(26-12)16-10-15(24-11-25-16)22-6-7-23-17(28)13-3-2-4-14(9-13)18(19,20)21/h2-5,8-11H,6-7H2,1H3,(H,23,28)(H,22,24,25). The number of halogens is 3. The predicted octanol–water partition coefficient (Wildman–Crippen LogP) is 2.83. The van der Waals surface area contributed by atoms with Crippen molar-refractivity contribution >= 4 is 11.7 Å². The smallest absolute Gasteiger partial charge is 0.368 e. The molecule has 1 amide bonds. The molecule has 1 aromatic carbocycles. The van der Waals surface area contributed by atoms with E-state index in [0.29, 0.717) is 18.2 Å². The van der Waals surface area contributed by atoms with Crippen molar-refractivity contribution in [2.24, 2.45) is 0 Å². The molecule has 0 saturated heterocycles. The molecule has 0 spiro atoms. The van der Waals surface area contributed by atoms with E-state index in [-0.39, 0.29) is 12.1 Å². The Labute approximate surface area is 158 Å². The fourth-order valence-electron chi connectivity index (χ4n) is 2.42. The summed E-state index contributed by atoms with van der Waals surface area (Å²) in [6.07, 6.45) is -1.33. The van der Waals surface area contributed by atoms with Gasteiger partial charge in [0.2, 0.25) is 0 Å². The van der Waals surface area contributed by atoms with Crippen LogP contribution in [0, 0.1) is 6.92 Å². The fraction of sp³-hybridized carbons (Fsp3) is 0.222. The molecular weight excluding hydrogens is 373 g/mol. The van der Waals surface area contributed by atoms with Crippen molar-refractivity contribution in [3.05, 3.63) is 65.7 Å². The van der Waals surface area contributed by atoms with Crippen molar-refractivity contribution in [1.82, 2.24) is 25.1 Å². The van der Waals surface area contributed by atoms with E-state index in [1.165, 1.54) is 18.5 Å². The first-order valence-electron chi connectivity index (χ1n) is 8.37. The average Bonchev–Trinajstić information content (AvgIpc) is 3.11. The number of carbonyl (C=O) groups is 1. The number of carbonyl (C=O) groups excluding carboxylic acids is 1. The van der Waals surface area contributed by atoms with Crippen LogP contribution in [0.4, 0.5) is 19.0 Å². The van der Waals surface area contributed by atoms with Gasteiger partial charge in [-0.2, -0.15) is 18.3 Å². The number of benzene rings is 1. The lowest BCUT2D eigenvalue weighted by Crippen LogP contribution is -2.29. The molecule has 0 aliphatic heterocycles. The molecule has 2 aromatic heterocycles. The number of nitrogens with one attached hydrogen (secondary N) is 2. The molecule has 3 aromatic rings. The third-order valence-corrected chi connectivity index (χ3v) is 3.78. The number of aromatic nitrogens is 4. The summed E-state index contributed by atoms with van der Waals surface area (Å²) in [5.41, 5.74) is -0.0562. The predicted molar refractivity (Wildman–Crippen MR) is 96.2 cm³/mol. The number of amides is 1. The average molecular weight is 390 g/mol. The zero-order chi connectivity index (χ0) is 20.1. The fourth-order valence-corrected chi connectivity index (χ4v) is 2.42. The molecule has 0 radical (unpaired) electrons. The van der Waals surface area contributed by atoms with Crippen LogP contribution in [-0.4, -0.2) is 38.7 Å². The summed E-state index contributed by atoms with van der Waals surface area (Å²) in [6, 6.07) is 7.83. The zero-order valence-corrected chi connectivity index (χ0v) is 14.9. The lowest BCUT2D eigenvalue weighted by molar-refractivity contribution is -0.137. The van der Waals surface area contributed by atoms with Crippen molar-refractivity contribution < 1.29 is 18.0 Å². The van der Waals surface area contributed by atoms with Crippen LogP contribution in [0.2, 0.25) is 0 Å². The summed E-state index contributed by atoms with van der Waals surface area (Å²) >= 11 is 0. The SMILES string of the molecule is Cc1ccn(-c2cc(NCCNC(=O)c3cccc(C(F)(F)F)c3)ncn2)n1. The van der Waals surface area contributed by atoms with Gasteiger partial charge >= 0.3 is 6.18 Å². The first kappa shape index (κ1) is 19.3. The second-order valence-electron chi connectivity index (χ2n) is 5.92. The van der Waals surface area contributed by atoms with E-state index in [9.17, 15) is 18.0 Å². The van der Waals surface area contributed by atoms with Crippen LogP contribution >= 0.6 is 0 Å². The lowest BCUT2D eigenvalue weighted by Gasteiger charge is -2.10. The number of anilines is 1. The molecule has 146 valence electrons. The van der Waals surface area contributed by atoms with E-state index in [1.807, 2.05) is 13.0 Å². The van der Waals surface area contributed by atoms with Gasteiger partial charge in [-0.15, -0.1) is 0 Å². The Hall–Kier alpha value is -3.43. The van der Waals surface area contributed by atoms with Crippen molar-refractivity contribution in [3.63, 3.8) is 0 Å². The minimum Gasteiger partial charge on any atom is -0.368 e. The minimum atomic E-state index is -4.49. The van der Waals surface area contributed by atoms with Crippen molar-refractivity contribution in [2.75, 3.05) is 18.4 Å². The number of alkyl halides is 3. The molecule has 0 aliphatic carbocycles. The lowest BCUT2D eigenvalue weighted by atomic mass is 10.1. The first-order valence-corrected chi connectivity index (χ1v) is 8.37. The maximum absolute atomic E-state index is 12.7. The third-order valence-electron chi connectivity index (χ3n) is 3.78. The molecule has 28 heavy (non-hydrogen) atoms. The maximum atomic E-state index is 12.7. The number of rotatable bonds is 6. The molecule has 3 rings (SSSR count). The van der Waals surface area contributed by atoms with Gasteiger partial charge < -0.3 is 10.6 Å². The Bertz CT molecular complexity index is 970. The van der Waals surface area contributed by atoms with E-state index < -0.39 is 17.6 Å². The summed E-state index contributed by atoms with van der Waals surface area (Å²) in [4.78, 5) is 20.3. The summed E-state index contributed by atoms with van der Waals surface area (Å²) in [7, 11) is 0. The molecule has 2 N–H and O–H groups in total. The van der Waals surface area contributed by atoms with Crippen LogP contribution in [0.1, 0.15) is 21.6 Å². The van der Waals surface area contributed by atoms with Crippen LogP contribution < -0.4 is 10.6 Å². The monoisotopic (exact) mass is 390 g/mol. The van der Waals surface area contributed by atoms with Gasteiger partial charge in [-0.05, 0) is 31.2 Å². The van der Waals surface area contributed by atoms with Gasteiger partial charge in [-0.1, -0.05) is 6.07 Å². The van der Waals surface area contributed by atoms with Gasteiger partial charge in [0.15, 0.2) is 5.82 Å². The van der Waals surface area contributed by atoms with E-state index in [1.54, 1.807) is 16.9 Å². The summed E-state index contributed by atoms with van der Waals surface area (Å²) in [5.74, 6) is 0.536. The Kier molecular flexibility index (Phi) is 5.57. The van der Waals surface area contributed by atoms with Crippen molar-refractivity contribution in [2.45, 2.75) is 13.1 Å². The van der Waals surface area contributed by atoms with E-state index in [0.717, 1.165) is 17.8 Å². The van der Waals surface area contributed by atoms with E-state index >= 15 is 0 Å². The second kappa shape index (κ2) is 8.07. The Morgan fingerprint density at radius 2 is 1.96 bits per heavy atom.